The summed E-state index contributed by atoms with van der Waals surface area (Å²) in [5.74, 6) is 0.284. The molecule has 0 aliphatic rings. The van der Waals surface area contributed by atoms with Crippen LogP contribution in [0, 0.1) is 6.92 Å². The molecule has 26 heavy (non-hydrogen) atoms. The van der Waals surface area contributed by atoms with Crippen molar-refractivity contribution in [2.24, 2.45) is 7.05 Å². The molecular formula is C18H17F3N4O. The minimum atomic E-state index is -4.36. The number of H-pyrrole nitrogens is 1. The molecule has 0 amide bonds. The van der Waals surface area contributed by atoms with Gasteiger partial charge >= 0.3 is 6.18 Å². The Hall–Kier alpha value is -2.90. The van der Waals surface area contributed by atoms with E-state index in [9.17, 15) is 18.0 Å². The Morgan fingerprint density at radius 3 is 2.38 bits per heavy atom. The van der Waals surface area contributed by atoms with E-state index >= 15 is 0 Å². The minimum absolute atomic E-state index is 0.208. The standard InChI is InChI=1S/C18H17F3N4O/c1-10(12-4-6-13(7-5-12)18(19,20)21)14-8-16(25(3)24-14)15-9-17(26)23-11(2)22-15/h4-10H,1-3H3,(H,22,23,26)/t10-/m1/s1. The molecule has 2 heterocycles. The van der Waals surface area contributed by atoms with Crippen LogP contribution in [0.5, 0.6) is 0 Å². The third-order valence-corrected chi connectivity index (χ3v) is 4.20. The zero-order chi connectivity index (χ0) is 19.1. The van der Waals surface area contributed by atoms with Gasteiger partial charge in [-0.3, -0.25) is 9.48 Å². The summed E-state index contributed by atoms with van der Waals surface area (Å²) in [5, 5.41) is 4.44. The summed E-state index contributed by atoms with van der Waals surface area (Å²) in [4.78, 5) is 18.5. The minimum Gasteiger partial charge on any atom is -0.311 e. The van der Waals surface area contributed by atoms with Crippen molar-refractivity contribution in [3.05, 3.63) is 69.4 Å². The van der Waals surface area contributed by atoms with Crippen molar-refractivity contribution in [1.82, 2.24) is 19.7 Å². The normalized spacial score (nSPS) is 13.0. The molecular weight excluding hydrogens is 345 g/mol. The summed E-state index contributed by atoms with van der Waals surface area (Å²) in [7, 11) is 1.73. The van der Waals surface area contributed by atoms with Crippen molar-refractivity contribution < 1.29 is 13.2 Å². The Morgan fingerprint density at radius 2 is 1.81 bits per heavy atom. The Bertz CT molecular complexity index is 987. The lowest BCUT2D eigenvalue weighted by Crippen LogP contribution is -2.09. The topological polar surface area (TPSA) is 63.6 Å². The van der Waals surface area contributed by atoms with Gasteiger partial charge in [-0.15, -0.1) is 0 Å². The SMILES string of the molecule is Cc1nc(-c2cc([C@H](C)c3ccc(C(F)(F)F)cc3)nn2C)cc(=O)[nH]1. The van der Waals surface area contributed by atoms with Crippen LogP contribution in [-0.4, -0.2) is 19.7 Å². The number of benzene rings is 1. The molecule has 8 heteroatoms. The van der Waals surface area contributed by atoms with Crippen LogP contribution in [0.15, 0.2) is 41.2 Å². The molecule has 0 saturated carbocycles. The van der Waals surface area contributed by atoms with E-state index in [1.54, 1.807) is 24.7 Å². The Balaban J connectivity index is 1.94. The van der Waals surface area contributed by atoms with E-state index in [4.69, 9.17) is 0 Å². The molecule has 0 radical (unpaired) electrons. The first-order valence-corrected chi connectivity index (χ1v) is 7.94. The van der Waals surface area contributed by atoms with E-state index in [0.29, 0.717) is 22.9 Å². The first-order valence-electron chi connectivity index (χ1n) is 7.94. The third kappa shape index (κ3) is 3.54. The maximum atomic E-state index is 12.7. The van der Waals surface area contributed by atoms with Crippen LogP contribution in [0.25, 0.3) is 11.4 Å². The lowest BCUT2D eigenvalue weighted by molar-refractivity contribution is -0.137. The molecule has 0 saturated heterocycles. The summed E-state index contributed by atoms with van der Waals surface area (Å²) in [6, 6.07) is 8.23. The average molecular weight is 362 g/mol. The van der Waals surface area contributed by atoms with Gasteiger partial charge in [-0.05, 0) is 30.7 Å². The molecule has 0 bridgehead atoms. The number of nitrogens with zero attached hydrogens (tertiary/aromatic N) is 3. The second-order valence-electron chi connectivity index (χ2n) is 6.14. The van der Waals surface area contributed by atoms with Gasteiger partial charge in [-0.1, -0.05) is 19.1 Å². The quantitative estimate of drug-likeness (QED) is 0.774. The van der Waals surface area contributed by atoms with Gasteiger partial charge in [0.25, 0.3) is 5.56 Å². The fourth-order valence-corrected chi connectivity index (χ4v) is 2.78. The number of halogens is 3. The number of hydrogen-bond acceptors (Lipinski definition) is 3. The van der Waals surface area contributed by atoms with E-state index < -0.39 is 11.7 Å². The number of aryl methyl sites for hydroxylation is 2. The molecule has 3 rings (SSSR count). The van der Waals surface area contributed by atoms with Gasteiger partial charge in [0.1, 0.15) is 5.82 Å². The Morgan fingerprint density at radius 1 is 1.15 bits per heavy atom. The van der Waals surface area contributed by atoms with Crippen LogP contribution >= 0.6 is 0 Å². The van der Waals surface area contributed by atoms with Gasteiger partial charge in [-0.2, -0.15) is 18.3 Å². The molecule has 0 fully saturated rings. The van der Waals surface area contributed by atoms with Gasteiger partial charge in [0.2, 0.25) is 0 Å². The highest BCUT2D eigenvalue weighted by Gasteiger charge is 2.30. The third-order valence-electron chi connectivity index (χ3n) is 4.20. The van der Waals surface area contributed by atoms with Crippen LogP contribution < -0.4 is 5.56 Å². The molecule has 1 N–H and O–H groups in total. The first-order chi connectivity index (χ1) is 12.1. The van der Waals surface area contributed by atoms with Crippen molar-refractivity contribution in [2.45, 2.75) is 25.9 Å². The van der Waals surface area contributed by atoms with Gasteiger partial charge in [0, 0.05) is 19.0 Å². The van der Waals surface area contributed by atoms with Crippen LogP contribution in [-0.2, 0) is 13.2 Å². The molecule has 1 aromatic carbocycles. The summed E-state index contributed by atoms with van der Waals surface area (Å²) in [5.41, 5.74) is 1.61. The molecule has 0 aliphatic carbocycles. The average Bonchev–Trinajstić information content (AvgIpc) is 2.94. The number of rotatable bonds is 3. The zero-order valence-corrected chi connectivity index (χ0v) is 14.4. The van der Waals surface area contributed by atoms with Crippen LogP contribution in [0.3, 0.4) is 0 Å². The molecule has 1 atom stereocenters. The van der Waals surface area contributed by atoms with Crippen molar-refractivity contribution >= 4 is 0 Å². The molecule has 2 aromatic heterocycles. The molecule has 136 valence electrons. The number of aromatic amines is 1. The molecule has 5 nitrogen and oxygen atoms in total. The molecule has 0 aliphatic heterocycles. The lowest BCUT2D eigenvalue weighted by atomic mass is 9.96. The highest BCUT2D eigenvalue weighted by atomic mass is 19.4. The van der Waals surface area contributed by atoms with Crippen molar-refractivity contribution in [2.75, 3.05) is 0 Å². The highest BCUT2D eigenvalue weighted by molar-refractivity contribution is 5.55. The first kappa shape index (κ1) is 17.9. The maximum absolute atomic E-state index is 12.7. The van der Waals surface area contributed by atoms with E-state index in [1.165, 1.54) is 18.2 Å². The van der Waals surface area contributed by atoms with Crippen molar-refractivity contribution in [3.8, 4) is 11.4 Å². The van der Waals surface area contributed by atoms with E-state index in [0.717, 1.165) is 17.7 Å². The predicted molar refractivity (Wildman–Crippen MR) is 90.8 cm³/mol. The lowest BCUT2D eigenvalue weighted by Gasteiger charge is -2.11. The van der Waals surface area contributed by atoms with Gasteiger partial charge in [0.05, 0.1) is 22.6 Å². The molecule has 0 unspecified atom stereocenters. The largest absolute Gasteiger partial charge is 0.416 e. The smallest absolute Gasteiger partial charge is 0.311 e. The Kier molecular flexibility index (Phi) is 4.43. The summed E-state index contributed by atoms with van der Waals surface area (Å²) in [6.07, 6.45) is -4.36. The van der Waals surface area contributed by atoms with E-state index in [1.807, 2.05) is 6.92 Å². The number of aromatic nitrogens is 4. The molecule has 3 aromatic rings. The Labute approximate surface area is 147 Å². The maximum Gasteiger partial charge on any atom is 0.416 e. The fraction of sp³-hybridized carbons (Fsp3) is 0.278. The number of hydrogen-bond donors (Lipinski definition) is 1. The van der Waals surface area contributed by atoms with Crippen LogP contribution in [0.1, 0.15) is 35.5 Å². The van der Waals surface area contributed by atoms with E-state index in [-0.39, 0.29) is 11.5 Å². The summed E-state index contributed by atoms with van der Waals surface area (Å²) < 4.78 is 39.7. The van der Waals surface area contributed by atoms with Gasteiger partial charge in [-0.25, -0.2) is 4.98 Å². The second kappa shape index (κ2) is 6.44. The summed E-state index contributed by atoms with van der Waals surface area (Å²) in [6.45, 7) is 3.55. The monoisotopic (exact) mass is 362 g/mol. The number of alkyl halides is 3. The second-order valence-corrected chi connectivity index (χ2v) is 6.14. The van der Waals surface area contributed by atoms with Gasteiger partial charge in [0.15, 0.2) is 0 Å². The molecule has 0 spiro atoms. The van der Waals surface area contributed by atoms with Crippen LogP contribution in [0.4, 0.5) is 13.2 Å². The fourth-order valence-electron chi connectivity index (χ4n) is 2.78. The van der Waals surface area contributed by atoms with E-state index in [2.05, 4.69) is 15.1 Å². The van der Waals surface area contributed by atoms with Gasteiger partial charge < -0.3 is 4.98 Å². The van der Waals surface area contributed by atoms with Crippen LogP contribution in [0.2, 0.25) is 0 Å². The van der Waals surface area contributed by atoms with Crippen molar-refractivity contribution in [3.63, 3.8) is 0 Å². The zero-order valence-electron chi connectivity index (χ0n) is 14.4. The number of nitrogens with one attached hydrogen (secondary N) is 1. The van der Waals surface area contributed by atoms with Crippen molar-refractivity contribution in [1.29, 1.82) is 0 Å². The highest BCUT2D eigenvalue weighted by Crippen LogP contribution is 2.32. The predicted octanol–water partition coefficient (Wildman–Crippen LogP) is 3.65. The summed E-state index contributed by atoms with van der Waals surface area (Å²) >= 11 is 0.